The lowest BCUT2D eigenvalue weighted by molar-refractivity contribution is -0.137. The molecule has 146 valence electrons. The van der Waals surface area contributed by atoms with Gasteiger partial charge in [0, 0.05) is 19.3 Å². The Balaban J connectivity index is 1.76. The van der Waals surface area contributed by atoms with E-state index in [1.54, 1.807) is 6.92 Å². The topological polar surface area (TPSA) is 78.2 Å². The summed E-state index contributed by atoms with van der Waals surface area (Å²) in [6.07, 6.45) is -3.04. The Hall–Kier alpha value is -2.62. The Morgan fingerprint density at radius 2 is 1.89 bits per heavy atom. The molecule has 0 aliphatic carbocycles. The molecule has 1 amide bonds. The van der Waals surface area contributed by atoms with Crippen molar-refractivity contribution in [3.8, 4) is 5.69 Å². The number of carbonyl (C=O) groups excluding carboxylic acids is 1. The lowest BCUT2D eigenvalue weighted by Gasteiger charge is -2.22. The first kappa shape index (κ1) is 19.2. The van der Waals surface area contributed by atoms with Gasteiger partial charge in [0.05, 0.1) is 11.3 Å². The minimum Gasteiger partial charge on any atom is -0.381 e. The predicted molar refractivity (Wildman–Crippen MR) is 89.5 cm³/mol. The van der Waals surface area contributed by atoms with Gasteiger partial charge >= 0.3 is 11.9 Å². The van der Waals surface area contributed by atoms with E-state index in [9.17, 15) is 22.8 Å². The van der Waals surface area contributed by atoms with Crippen LogP contribution in [0.5, 0.6) is 0 Å². The molecule has 1 aromatic carbocycles. The zero-order valence-corrected chi connectivity index (χ0v) is 14.6. The molecular weight excluding hydrogens is 365 g/mol. The third-order valence-corrected chi connectivity index (χ3v) is 4.33. The van der Waals surface area contributed by atoms with Crippen LogP contribution in [-0.2, 0) is 22.3 Å². The summed E-state index contributed by atoms with van der Waals surface area (Å²) in [4.78, 5) is 24.7. The van der Waals surface area contributed by atoms with Crippen LogP contribution in [-0.4, -0.2) is 39.5 Å². The Kier molecular flexibility index (Phi) is 5.36. The van der Waals surface area contributed by atoms with Crippen molar-refractivity contribution in [3.05, 3.63) is 46.1 Å². The molecule has 10 heteroatoms. The Morgan fingerprint density at radius 3 is 2.48 bits per heavy atom. The molecule has 3 rings (SSSR count). The number of hydrogen-bond donors (Lipinski definition) is 1. The molecule has 0 unspecified atom stereocenters. The van der Waals surface area contributed by atoms with Crippen molar-refractivity contribution in [1.29, 1.82) is 0 Å². The Labute approximate surface area is 152 Å². The lowest BCUT2D eigenvalue weighted by atomic mass is 10.1. The molecule has 0 bridgehead atoms. The third kappa shape index (κ3) is 4.38. The fourth-order valence-electron chi connectivity index (χ4n) is 2.97. The fourth-order valence-corrected chi connectivity index (χ4v) is 2.97. The minimum absolute atomic E-state index is 0.0000441. The highest BCUT2D eigenvalue weighted by atomic mass is 19.4. The van der Waals surface area contributed by atoms with Crippen molar-refractivity contribution in [2.75, 3.05) is 13.2 Å². The van der Waals surface area contributed by atoms with Gasteiger partial charge in [-0.15, -0.1) is 0 Å². The van der Waals surface area contributed by atoms with Gasteiger partial charge in [0.2, 0.25) is 5.91 Å². The predicted octanol–water partition coefficient (Wildman–Crippen LogP) is 1.66. The first-order valence-electron chi connectivity index (χ1n) is 8.47. The smallest absolute Gasteiger partial charge is 0.381 e. The van der Waals surface area contributed by atoms with Crippen molar-refractivity contribution >= 4 is 5.91 Å². The summed E-state index contributed by atoms with van der Waals surface area (Å²) in [6.45, 7) is 2.44. The number of aromatic nitrogens is 3. The number of nitrogens with zero attached hydrogens (tertiary/aromatic N) is 3. The molecule has 1 aliphatic rings. The highest BCUT2D eigenvalue weighted by Crippen LogP contribution is 2.29. The van der Waals surface area contributed by atoms with Gasteiger partial charge in [-0.3, -0.25) is 4.79 Å². The summed E-state index contributed by atoms with van der Waals surface area (Å²) in [5.74, 6) is -0.0697. The van der Waals surface area contributed by atoms with Crippen LogP contribution in [0.25, 0.3) is 5.69 Å². The number of rotatable bonds is 4. The van der Waals surface area contributed by atoms with E-state index in [1.807, 2.05) is 0 Å². The number of carbonyl (C=O) groups is 1. The summed E-state index contributed by atoms with van der Waals surface area (Å²) in [7, 11) is 0. The molecule has 2 heterocycles. The van der Waals surface area contributed by atoms with E-state index in [0.717, 1.165) is 16.8 Å². The number of nitrogens with one attached hydrogen (secondary N) is 1. The maximum absolute atomic E-state index is 12.7. The number of benzene rings is 1. The highest BCUT2D eigenvalue weighted by Gasteiger charge is 2.30. The van der Waals surface area contributed by atoms with Gasteiger partial charge in [0.15, 0.2) is 0 Å². The quantitative estimate of drug-likeness (QED) is 0.870. The second kappa shape index (κ2) is 7.55. The molecule has 0 atom stereocenters. The molecule has 7 nitrogen and oxygen atoms in total. The van der Waals surface area contributed by atoms with Crippen molar-refractivity contribution in [3.63, 3.8) is 0 Å². The molecule has 2 aromatic rings. The molecule has 27 heavy (non-hydrogen) atoms. The maximum Gasteiger partial charge on any atom is 0.416 e. The SMILES string of the molecule is Cc1nn(CC(=O)NC2CCOCC2)c(=O)n1-c1ccc(C(F)(F)F)cc1. The van der Waals surface area contributed by atoms with Crippen LogP contribution in [0.4, 0.5) is 13.2 Å². The van der Waals surface area contributed by atoms with Gasteiger partial charge in [0.25, 0.3) is 0 Å². The maximum atomic E-state index is 12.7. The second-order valence-electron chi connectivity index (χ2n) is 6.32. The van der Waals surface area contributed by atoms with Crippen molar-refractivity contribution in [2.45, 2.75) is 38.5 Å². The first-order valence-corrected chi connectivity index (χ1v) is 8.47. The van der Waals surface area contributed by atoms with E-state index >= 15 is 0 Å². The summed E-state index contributed by atoms with van der Waals surface area (Å²) in [6, 6.07) is 4.20. The largest absolute Gasteiger partial charge is 0.416 e. The standard InChI is InChI=1S/C17H19F3N4O3/c1-11-22-23(10-15(25)21-13-6-8-27-9-7-13)16(26)24(11)14-4-2-12(3-5-14)17(18,19)20/h2-5,13H,6-10H2,1H3,(H,21,25). The van der Waals surface area contributed by atoms with E-state index in [4.69, 9.17) is 4.74 Å². The molecule has 0 radical (unpaired) electrons. The molecule has 1 fully saturated rings. The van der Waals surface area contributed by atoms with Gasteiger partial charge in [-0.05, 0) is 44.0 Å². The van der Waals surface area contributed by atoms with Crippen molar-refractivity contribution < 1.29 is 22.7 Å². The first-order chi connectivity index (χ1) is 12.8. The zero-order valence-electron chi connectivity index (χ0n) is 14.6. The number of amides is 1. The van der Waals surface area contributed by atoms with Gasteiger partial charge < -0.3 is 10.1 Å². The van der Waals surface area contributed by atoms with E-state index in [1.165, 1.54) is 16.7 Å². The molecule has 0 spiro atoms. The molecule has 1 aromatic heterocycles. The van der Waals surface area contributed by atoms with Crippen LogP contribution in [0.2, 0.25) is 0 Å². The summed E-state index contributed by atoms with van der Waals surface area (Å²) < 4.78 is 45.4. The average molecular weight is 384 g/mol. The van der Waals surface area contributed by atoms with Gasteiger partial charge in [-0.2, -0.15) is 18.3 Å². The van der Waals surface area contributed by atoms with Crippen molar-refractivity contribution in [2.24, 2.45) is 0 Å². The van der Waals surface area contributed by atoms with Gasteiger partial charge in [-0.1, -0.05) is 0 Å². The zero-order chi connectivity index (χ0) is 19.6. The summed E-state index contributed by atoms with van der Waals surface area (Å²) >= 11 is 0. The normalized spacial score (nSPS) is 15.7. The Bertz CT molecular complexity index is 865. The highest BCUT2D eigenvalue weighted by molar-refractivity contribution is 5.75. The van der Waals surface area contributed by atoms with Gasteiger partial charge in [0.1, 0.15) is 12.4 Å². The lowest BCUT2D eigenvalue weighted by Crippen LogP contribution is -2.42. The van der Waals surface area contributed by atoms with Crippen LogP contribution in [0.3, 0.4) is 0 Å². The van der Waals surface area contributed by atoms with Crippen LogP contribution in [0, 0.1) is 6.92 Å². The number of aryl methyl sites for hydroxylation is 1. The average Bonchev–Trinajstić information content (AvgIpc) is 2.88. The molecule has 0 saturated carbocycles. The van der Waals surface area contributed by atoms with Crippen LogP contribution < -0.4 is 11.0 Å². The monoisotopic (exact) mass is 384 g/mol. The molecule has 1 aliphatic heterocycles. The fraction of sp³-hybridized carbons (Fsp3) is 0.471. The van der Waals surface area contributed by atoms with E-state index in [2.05, 4.69) is 10.4 Å². The summed E-state index contributed by atoms with van der Waals surface area (Å²) in [5, 5.41) is 6.88. The van der Waals surface area contributed by atoms with Crippen LogP contribution in [0.15, 0.2) is 29.1 Å². The Morgan fingerprint density at radius 1 is 1.26 bits per heavy atom. The van der Waals surface area contributed by atoms with Crippen LogP contribution in [0.1, 0.15) is 24.2 Å². The number of alkyl halides is 3. The third-order valence-electron chi connectivity index (χ3n) is 4.33. The van der Waals surface area contributed by atoms with Gasteiger partial charge in [-0.25, -0.2) is 14.0 Å². The number of halogens is 3. The van der Waals surface area contributed by atoms with Crippen LogP contribution >= 0.6 is 0 Å². The van der Waals surface area contributed by atoms with E-state index < -0.39 is 17.4 Å². The molecular formula is C17H19F3N4O3. The summed E-state index contributed by atoms with van der Waals surface area (Å²) in [5.41, 5.74) is -1.14. The second-order valence-corrected chi connectivity index (χ2v) is 6.32. The van der Waals surface area contributed by atoms with E-state index in [0.29, 0.717) is 26.1 Å². The number of ether oxygens (including phenoxy) is 1. The van der Waals surface area contributed by atoms with Crippen molar-refractivity contribution in [1.82, 2.24) is 19.7 Å². The van der Waals surface area contributed by atoms with E-state index in [-0.39, 0.29) is 30.0 Å². The molecule has 1 saturated heterocycles. The number of hydrogen-bond acceptors (Lipinski definition) is 4. The molecule has 1 N–H and O–H groups in total. The minimum atomic E-state index is -4.45.